The maximum Gasteiger partial charge on any atom is 0.255 e. The second kappa shape index (κ2) is 7.20. The van der Waals surface area contributed by atoms with Crippen molar-refractivity contribution in [2.75, 3.05) is 6.61 Å². The molecular formula is C18H20ClN3O2. The number of hydrogen-bond donors (Lipinski definition) is 2. The van der Waals surface area contributed by atoms with Crippen LogP contribution in [0.1, 0.15) is 29.4 Å². The van der Waals surface area contributed by atoms with Gasteiger partial charge in [0.2, 0.25) is 0 Å². The zero-order valence-corrected chi connectivity index (χ0v) is 14.2. The van der Waals surface area contributed by atoms with E-state index in [0.29, 0.717) is 17.0 Å². The van der Waals surface area contributed by atoms with E-state index in [1.54, 1.807) is 16.9 Å². The Balaban J connectivity index is 1.82. The number of aliphatic hydroxyl groups is 1. The van der Waals surface area contributed by atoms with Crippen LogP contribution in [0.25, 0.3) is 5.69 Å². The number of carbonyl (C=O) groups is 1. The molecule has 0 saturated carbocycles. The molecule has 2 N–H and O–H groups in total. The Morgan fingerprint density at radius 3 is 2.96 bits per heavy atom. The molecule has 0 spiro atoms. The van der Waals surface area contributed by atoms with Gasteiger partial charge in [0.25, 0.3) is 5.91 Å². The zero-order chi connectivity index (χ0) is 17.1. The minimum absolute atomic E-state index is 0.0473. The molecule has 1 aliphatic rings. The number of halogens is 1. The summed E-state index contributed by atoms with van der Waals surface area (Å²) in [5, 5.41) is 17.2. The lowest BCUT2D eigenvalue weighted by atomic mass is 10.1. The van der Waals surface area contributed by atoms with Crippen molar-refractivity contribution in [1.82, 2.24) is 15.1 Å². The van der Waals surface area contributed by atoms with E-state index in [1.165, 1.54) is 0 Å². The molecule has 0 aliphatic heterocycles. The van der Waals surface area contributed by atoms with Crippen LogP contribution in [-0.4, -0.2) is 33.4 Å². The van der Waals surface area contributed by atoms with Crippen molar-refractivity contribution < 1.29 is 9.90 Å². The molecule has 0 bridgehead atoms. The SMILES string of the molecule is CCc1c(C(=O)N[C@@H]2C=C[C@H](CO)C2)cnn1-c1cccc(Cl)c1. The fourth-order valence-corrected chi connectivity index (χ4v) is 3.18. The van der Waals surface area contributed by atoms with E-state index in [2.05, 4.69) is 10.4 Å². The summed E-state index contributed by atoms with van der Waals surface area (Å²) < 4.78 is 1.75. The summed E-state index contributed by atoms with van der Waals surface area (Å²) in [6.07, 6.45) is 6.88. The number of nitrogens with zero attached hydrogens (tertiary/aromatic N) is 2. The molecular weight excluding hydrogens is 326 g/mol. The lowest BCUT2D eigenvalue weighted by molar-refractivity contribution is 0.0940. The van der Waals surface area contributed by atoms with Gasteiger partial charge in [-0.25, -0.2) is 4.68 Å². The third-order valence-corrected chi connectivity index (χ3v) is 4.46. The molecule has 1 amide bonds. The second-order valence-electron chi connectivity index (χ2n) is 5.89. The normalized spacial score (nSPS) is 19.6. The van der Waals surface area contributed by atoms with Gasteiger partial charge in [-0.1, -0.05) is 36.7 Å². The molecule has 2 atom stereocenters. The van der Waals surface area contributed by atoms with E-state index in [0.717, 1.165) is 17.8 Å². The largest absolute Gasteiger partial charge is 0.396 e. The number of aromatic nitrogens is 2. The Hall–Kier alpha value is -2.11. The summed E-state index contributed by atoms with van der Waals surface area (Å²) in [6, 6.07) is 7.34. The van der Waals surface area contributed by atoms with Crippen LogP contribution in [0.3, 0.4) is 0 Å². The predicted molar refractivity (Wildman–Crippen MR) is 93.5 cm³/mol. The van der Waals surface area contributed by atoms with Crippen LogP contribution < -0.4 is 5.32 Å². The first-order valence-corrected chi connectivity index (χ1v) is 8.43. The van der Waals surface area contributed by atoms with Gasteiger partial charge in [-0.3, -0.25) is 4.79 Å². The first-order valence-electron chi connectivity index (χ1n) is 8.05. The quantitative estimate of drug-likeness (QED) is 0.819. The fourth-order valence-electron chi connectivity index (χ4n) is 3.00. The van der Waals surface area contributed by atoms with E-state index in [1.807, 2.05) is 37.3 Å². The van der Waals surface area contributed by atoms with E-state index in [4.69, 9.17) is 11.6 Å². The fraction of sp³-hybridized carbons (Fsp3) is 0.333. The molecule has 2 aromatic rings. The van der Waals surface area contributed by atoms with Crippen molar-refractivity contribution in [2.45, 2.75) is 25.8 Å². The highest BCUT2D eigenvalue weighted by atomic mass is 35.5. The summed E-state index contributed by atoms with van der Waals surface area (Å²) in [5.74, 6) is -0.0245. The first kappa shape index (κ1) is 16.7. The minimum Gasteiger partial charge on any atom is -0.396 e. The number of nitrogens with one attached hydrogen (secondary N) is 1. The molecule has 0 radical (unpaired) electrons. The number of carbonyl (C=O) groups excluding carboxylic acids is 1. The van der Waals surface area contributed by atoms with Crippen LogP contribution in [0, 0.1) is 5.92 Å². The first-order chi connectivity index (χ1) is 11.6. The van der Waals surface area contributed by atoms with Crippen molar-refractivity contribution in [1.29, 1.82) is 0 Å². The minimum atomic E-state index is -0.145. The standard InChI is InChI=1S/C18H20ClN3O2/c1-2-17-16(18(24)21-14-7-6-12(8-14)11-23)10-20-22(17)15-5-3-4-13(19)9-15/h3-7,9-10,12,14,23H,2,8,11H2,1H3,(H,21,24)/t12-,14+/m0/s1. The Morgan fingerprint density at radius 1 is 1.46 bits per heavy atom. The molecule has 6 heteroatoms. The molecule has 0 saturated heterocycles. The van der Waals surface area contributed by atoms with Gasteiger partial charge < -0.3 is 10.4 Å². The highest BCUT2D eigenvalue weighted by Crippen LogP contribution is 2.21. The molecule has 126 valence electrons. The highest BCUT2D eigenvalue weighted by Gasteiger charge is 2.23. The van der Waals surface area contributed by atoms with Crippen LogP contribution in [0.15, 0.2) is 42.6 Å². The van der Waals surface area contributed by atoms with Gasteiger partial charge in [0.05, 0.1) is 23.1 Å². The Kier molecular flexibility index (Phi) is 5.02. The molecule has 5 nitrogen and oxygen atoms in total. The summed E-state index contributed by atoms with van der Waals surface area (Å²) >= 11 is 6.05. The Morgan fingerprint density at radius 2 is 2.29 bits per heavy atom. The lowest BCUT2D eigenvalue weighted by Gasteiger charge is -2.13. The molecule has 1 aliphatic carbocycles. The third kappa shape index (κ3) is 3.37. The molecule has 24 heavy (non-hydrogen) atoms. The van der Waals surface area contributed by atoms with Gasteiger partial charge in [-0.2, -0.15) is 5.10 Å². The van der Waals surface area contributed by atoms with E-state index < -0.39 is 0 Å². The van der Waals surface area contributed by atoms with Crippen LogP contribution in [0.2, 0.25) is 5.02 Å². The predicted octanol–water partition coefficient (Wildman–Crippen LogP) is 2.75. The van der Waals surface area contributed by atoms with E-state index in [9.17, 15) is 9.90 Å². The van der Waals surface area contributed by atoms with Crippen molar-refractivity contribution in [3.63, 3.8) is 0 Å². The number of hydrogen-bond acceptors (Lipinski definition) is 3. The van der Waals surface area contributed by atoms with Gasteiger partial charge in [-0.05, 0) is 31.0 Å². The number of benzene rings is 1. The van der Waals surface area contributed by atoms with Crippen molar-refractivity contribution in [3.05, 3.63) is 58.9 Å². The van der Waals surface area contributed by atoms with Gasteiger partial charge in [0.15, 0.2) is 0 Å². The van der Waals surface area contributed by atoms with Crippen LogP contribution in [0.4, 0.5) is 0 Å². The monoisotopic (exact) mass is 345 g/mol. The van der Waals surface area contributed by atoms with Crippen LogP contribution in [0.5, 0.6) is 0 Å². The number of aliphatic hydroxyl groups excluding tert-OH is 1. The third-order valence-electron chi connectivity index (χ3n) is 4.22. The summed E-state index contributed by atoms with van der Waals surface area (Å²) in [6.45, 7) is 2.10. The summed E-state index contributed by atoms with van der Waals surface area (Å²) in [7, 11) is 0. The second-order valence-corrected chi connectivity index (χ2v) is 6.33. The molecule has 1 heterocycles. The van der Waals surface area contributed by atoms with E-state index in [-0.39, 0.29) is 24.5 Å². The number of rotatable bonds is 5. The van der Waals surface area contributed by atoms with E-state index >= 15 is 0 Å². The average molecular weight is 346 g/mol. The average Bonchev–Trinajstić information content (AvgIpc) is 3.20. The topological polar surface area (TPSA) is 67.2 Å². The molecule has 0 fully saturated rings. The zero-order valence-electron chi connectivity index (χ0n) is 13.4. The highest BCUT2D eigenvalue weighted by molar-refractivity contribution is 6.30. The summed E-state index contributed by atoms with van der Waals surface area (Å²) in [4.78, 5) is 12.6. The molecule has 1 aromatic carbocycles. The maximum absolute atomic E-state index is 12.6. The smallest absolute Gasteiger partial charge is 0.255 e. The molecule has 3 rings (SSSR count). The van der Waals surface area contributed by atoms with Gasteiger partial charge in [0.1, 0.15) is 0 Å². The molecule has 1 aromatic heterocycles. The maximum atomic E-state index is 12.6. The number of amides is 1. The summed E-state index contributed by atoms with van der Waals surface area (Å²) in [5.41, 5.74) is 2.24. The van der Waals surface area contributed by atoms with Gasteiger partial charge in [-0.15, -0.1) is 0 Å². The van der Waals surface area contributed by atoms with Crippen molar-refractivity contribution in [3.8, 4) is 5.69 Å². The van der Waals surface area contributed by atoms with Crippen LogP contribution in [-0.2, 0) is 6.42 Å². The van der Waals surface area contributed by atoms with Crippen LogP contribution >= 0.6 is 11.6 Å². The van der Waals surface area contributed by atoms with Crippen molar-refractivity contribution >= 4 is 17.5 Å². The van der Waals surface area contributed by atoms with Gasteiger partial charge in [0, 0.05) is 23.6 Å². The molecule has 0 unspecified atom stereocenters. The Labute approximate surface area is 145 Å². The van der Waals surface area contributed by atoms with Crippen molar-refractivity contribution in [2.24, 2.45) is 5.92 Å². The lowest BCUT2D eigenvalue weighted by Crippen LogP contribution is -2.33. The Bertz CT molecular complexity index is 769. The van der Waals surface area contributed by atoms with Gasteiger partial charge >= 0.3 is 0 Å².